The molecule has 0 saturated heterocycles. The summed E-state index contributed by atoms with van der Waals surface area (Å²) in [4.78, 5) is 15.1. The first-order valence-electron chi connectivity index (χ1n) is 6.09. The lowest BCUT2D eigenvalue weighted by atomic mass is 10.3. The minimum atomic E-state index is 0.0227. The molecule has 3 rings (SSSR count). The summed E-state index contributed by atoms with van der Waals surface area (Å²) >= 11 is 17.2. The summed E-state index contributed by atoms with van der Waals surface area (Å²) in [7, 11) is 0. The highest BCUT2D eigenvalue weighted by Gasteiger charge is 2.05. The molecule has 0 amide bonds. The van der Waals surface area contributed by atoms with E-state index in [1.165, 1.54) is 0 Å². The van der Waals surface area contributed by atoms with Crippen LogP contribution in [0.3, 0.4) is 0 Å². The SMILES string of the molecule is Clc1nc(Cl)nc(Nc2ccccc2Cl)n1.c1ccncc1. The Kier molecular flexibility index (Phi) is 6.33. The van der Waals surface area contributed by atoms with Crippen LogP contribution in [-0.2, 0) is 0 Å². The molecule has 0 unspecified atom stereocenters. The van der Waals surface area contributed by atoms with Crippen LogP contribution in [0.4, 0.5) is 11.6 Å². The van der Waals surface area contributed by atoms with Crippen molar-refractivity contribution in [1.29, 1.82) is 0 Å². The van der Waals surface area contributed by atoms with Crippen LogP contribution in [0.5, 0.6) is 0 Å². The van der Waals surface area contributed by atoms with Crippen molar-refractivity contribution < 1.29 is 0 Å². The lowest BCUT2D eigenvalue weighted by Crippen LogP contribution is -1.99. The minimum Gasteiger partial charge on any atom is -0.323 e. The lowest BCUT2D eigenvalue weighted by Gasteiger charge is -2.06. The van der Waals surface area contributed by atoms with Crippen molar-refractivity contribution in [2.24, 2.45) is 0 Å². The molecule has 0 aliphatic carbocycles. The van der Waals surface area contributed by atoms with Crippen molar-refractivity contribution >= 4 is 46.4 Å². The molecule has 0 aliphatic heterocycles. The summed E-state index contributed by atoms with van der Waals surface area (Å²) in [6.45, 7) is 0. The molecule has 0 bridgehead atoms. The Morgan fingerprint density at radius 1 is 0.727 bits per heavy atom. The van der Waals surface area contributed by atoms with Crippen LogP contribution in [0.1, 0.15) is 0 Å². The van der Waals surface area contributed by atoms with Crippen LogP contribution < -0.4 is 5.32 Å². The Balaban J connectivity index is 0.000000246. The molecule has 22 heavy (non-hydrogen) atoms. The van der Waals surface area contributed by atoms with Gasteiger partial charge in [0.25, 0.3) is 0 Å². The van der Waals surface area contributed by atoms with Crippen molar-refractivity contribution in [2.75, 3.05) is 5.32 Å². The predicted octanol–water partition coefficient (Wildman–Crippen LogP) is 4.66. The zero-order chi connectivity index (χ0) is 15.8. The van der Waals surface area contributed by atoms with E-state index in [0.717, 1.165) is 0 Å². The van der Waals surface area contributed by atoms with Crippen LogP contribution in [0.15, 0.2) is 54.9 Å². The number of anilines is 2. The molecule has 1 aromatic carbocycles. The molecule has 8 heteroatoms. The number of rotatable bonds is 2. The van der Waals surface area contributed by atoms with Gasteiger partial charge in [-0.3, -0.25) is 4.98 Å². The van der Waals surface area contributed by atoms with E-state index in [9.17, 15) is 0 Å². The molecule has 0 saturated carbocycles. The molecular weight excluding hydrogens is 345 g/mol. The van der Waals surface area contributed by atoms with Gasteiger partial charge >= 0.3 is 0 Å². The average molecular weight is 355 g/mol. The van der Waals surface area contributed by atoms with Gasteiger partial charge in [-0.1, -0.05) is 29.8 Å². The number of hydrogen-bond donors (Lipinski definition) is 1. The number of hydrogen-bond acceptors (Lipinski definition) is 5. The molecule has 0 atom stereocenters. The maximum Gasteiger partial charge on any atom is 0.232 e. The molecule has 0 fully saturated rings. The molecular formula is C14H10Cl3N5. The maximum atomic E-state index is 5.95. The van der Waals surface area contributed by atoms with Gasteiger partial charge in [-0.2, -0.15) is 15.0 Å². The van der Waals surface area contributed by atoms with Gasteiger partial charge in [-0.15, -0.1) is 0 Å². The van der Waals surface area contributed by atoms with Crippen LogP contribution in [0.25, 0.3) is 0 Å². The molecule has 0 aliphatic rings. The Morgan fingerprint density at radius 3 is 1.86 bits per heavy atom. The van der Waals surface area contributed by atoms with E-state index in [-0.39, 0.29) is 16.5 Å². The van der Waals surface area contributed by atoms with Gasteiger partial charge in [0.1, 0.15) is 0 Å². The fourth-order valence-electron chi connectivity index (χ4n) is 1.38. The molecule has 2 aromatic heterocycles. The fraction of sp³-hybridized carbons (Fsp3) is 0. The summed E-state index contributed by atoms with van der Waals surface area (Å²) in [5.74, 6) is 0.248. The Morgan fingerprint density at radius 2 is 1.36 bits per heavy atom. The number of benzene rings is 1. The zero-order valence-corrected chi connectivity index (χ0v) is 13.4. The van der Waals surface area contributed by atoms with Crippen molar-refractivity contribution in [3.05, 3.63) is 70.4 Å². The summed E-state index contributed by atoms with van der Waals surface area (Å²) < 4.78 is 0. The number of nitrogens with zero attached hydrogens (tertiary/aromatic N) is 4. The van der Waals surface area contributed by atoms with Gasteiger partial charge in [-0.25, -0.2) is 0 Å². The third kappa shape index (κ3) is 5.44. The third-order valence-corrected chi connectivity index (χ3v) is 2.94. The minimum absolute atomic E-state index is 0.0227. The van der Waals surface area contributed by atoms with Crippen molar-refractivity contribution in [2.45, 2.75) is 0 Å². The number of pyridine rings is 1. The highest BCUT2D eigenvalue weighted by atomic mass is 35.5. The maximum absolute atomic E-state index is 5.95. The Bertz CT molecular complexity index is 678. The lowest BCUT2D eigenvalue weighted by molar-refractivity contribution is 1.05. The second kappa shape index (κ2) is 8.48. The van der Waals surface area contributed by atoms with E-state index < -0.39 is 0 Å². The zero-order valence-electron chi connectivity index (χ0n) is 11.1. The number of aromatic nitrogens is 4. The van der Waals surface area contributed by atoms with Gasteiger partial charge in [0.05, 0.1) is 10.7 Å². The largest absolute Gasteiger partial charge is 0.323 e. The molecule has 2 heterocycles. The monoisotopic (exact) mass is 353 g/mol. The molecule has 5 nitrogen and oxygen atoms in total. The average Bonchev–Trinajstić information content (AvgIpc) is 2.51. The van der Waals surface area contributed by atoms with Crippen molar-refractivity contribution in [3.63, 3.8) is 0 Å². The van der Waals surface area contributed by atoms with E-state index in [4.69, 9.17) is 34.8 Å². The highest BCUT2D eigenvalue weighted by molar-refractivity contribution is 6.33. The molecule has 0 spiro atoms. The first-order chi connectivity index (χ1) is 10.6. The highest BCUT2D eigenvalue weighted by Crippen LogP contribution is 2.23. The van der Waals surface area contributed by atoms with E-state index in [1.54, 1.807) is 24.5 Å². The third-order valence-electron chi connectivity index (χ3n) is 2.27. The molecule has 0 radical (unpaired) electrons. The fourth-order valence-corrected chi connectivity index (χ4v) is 1.92. The molecule has 3 aromatic rings. The van der Waals surface area contributed by atoms with Gasteiger partial charge in [0.15, 0.2) is 0 Å². The normalized spacial score (nSPS) is 9.59. The standard InChI is InChI=1S/C9H5Cl3N4.C5H5N/c10-5-3-1-2-4-6(5)13-9-15-7(11)14-8(12)16-9;1-2-4-6-5-3-1/h1-4H,(H,13,14,15,16);1-5H. The van der Waals surface area contributed by atoms with Gasteiger partial charge in [-0.05, 0) is 47.5 Å². The number of para-hydroxylation sites is 1. The summed E-state index contributed by atoms with van der Waals surface area (Å²) in [5.41, 5.74) is 0.669. The summed E-state index contributed by atoms with van der Waals surface area (Å²) in [6.07, 6.45) is 3.50. The Labute approximate surface area is 142 Å². The second-order valence-electron chi connectivity index (χ2n) is 3.83. The topological polar surface area (TPSA) is 63.6 Å². The quantitative estimate of drug-likeness (QED) is 0.725. The van der Waals surface area contributed by atoms with Crippen LogP contribution in [0, 0.1) is 0 Å². The van der Waals surface area contributed by atoms with Crippen LogP contribution in [0.2, 0.25) is 15.6 Å². The number of halogens is 3. The Hall–Kier alpha value is -1.95. The van der Waals surface area contributed by atoms with E-state index in [2.05, 4.69) is 25.3 Å². The van der Waals surface area contributed by atoms with Crippen molar-refractivity contribution in [3.8, 4) is 0 Å². The van der Waals surface area contributed by atoms with Gasteiger partial charge in [0, 0.05) is 12.4 Å². The predicted molar refractivity (Wildman–Crippen MR) is 88.8 cm³/mol. The summed E-state index contributed by atoms with van der Waals surface area (Å²) in [5, 5.41) is 3.49. The van der Waals surface area contributed by atoms with E-state index in [0.29, 0.717) is 10.7 Å². The summed E-state index contributed by atoms with van der Waals surface area (Å²) in [6, 6.07) is 12.9. The smallest absolute Gasteiger partial charge is 0.232 e. The first-order valence-corrected chi connectivity index (χ1v) is 7.22. The van der Waals surface area contributed by atoms with Gasteiger partial charge < -0.3 is 5.32 Å². The van der Waals surface area contributed by atoms with Crippen LogP contribution in [-0.4, -0.2) is 19.9 Å². The van der Waals surface area contributed by atoms with Crippen LogP contribution >= 0.6 is 34.8 Å². The van der Waals surface area contributed by atoms with E-state index in [1.807, 2.05) is 30.3 Å². The van der Waals surface area contributed by atoms with Gasteiger partial charge in [0.2, 0.25) is 16.5 Å². The number of nitrogens with one attached hydrogen (secondary N) is 1. The first kappa shape index (κ1) is 16.4. The second-order valence-corrected chi connectivity index (χ2v) is 4.91. The molecule has 112 valence electrons. The molecule has 1 N–H and O–H groups in total. The van der Waals surface area contributed by atoms with Crippen molar-refractivity contribution in [1.82, 2.24) is 19.9 Å². The van der Waals surface area contributed by atoms with E-state index >= 15 is 0 Å².